The Morgan fingerprint density at radius 2 is 1.72 bits per heavy atom. The molecule has 0 saturated heterocycles. The number of hydrogen-bond donors (Lipinski definition) is 1. The van der Waals surface area contributed by atoms with Gasteiger partial charge in [-0.15, -0.1) is 0 Å². The summed E-state index contributed by atoms with van der Waals surface area (Å²) in [5.41, 5.74) is 1.05. The first-order chi connectivity index (χ1) is 8.27. The fourth-order valence-corrected chi connectivity index (χ4v) is 3.10. The Morgan fingerprint density at radius 3 is 2.22 bits per heavy atom. The molecule has 0 heterocycles. The molecular weight excluding hydrogens is 246 g/mol. The molecule has 0 bridgehead atoms. The van der Waals surface area contributed by atoms with Crippen LogP contribution >= 0.6 is 0 Å². The van der Waals surface area contributed by atoms with Crippen LogP contribution in [-0.4, -0.2) is 15.0 Å². The van der Waals surface area contributed by atoms with Crippen LogP contribution in [0.5, 0.6) is 0 Å². The smallest absolute Gasteiger partial charge is 0.211 e. The minimum atomic E-state index is -3.38. The Kier molecular flexibility index (Phi) is 4.93. The van der Waals surface area contributed by atoms with Gasteiger partial charge in [-0.1, -0.05) is 44.9 Å². The van der Waals surface area contributed by atoms with Crippen molar-refractivity contribution in [2.75, 3.05) is 6.54 Å². The summed E-state index contributed by atoms with van der Waals surface area (Å²) >= 11 is 0. The average Bonchev–Trinajstić information content (AvgIpc) is 2.27. The summed E-state index contributed by atoms with van der Waals surface area (Å²) < 4.78 is 26.9. The molecule has 0 aromatic heterocycles. The predicted octanol–water partition coefficient (Wildman–Crippen LogP) is 3.10. The SMILES string of the molecule is CCCC(C)(C)CNS(=O)(=O)c1ccc(C)cc1. The zero-order valence-electron chi connectivity index (χ0n) is 11.7. The lowest BCUT2D eigenvalue weighted by Gasteiger charge is -2.24. The molecular formula is C14H23NO2S. The second-order valence-corrected chi connectivity index (χ2v) is 7.32. The van der Waals surface area contributed by atoms with Gasteiger partial charge in [0.15, 0.2) is 0 Å². The highest BCUT2D eigenvalue weighted by molar-refractivity contribution is 7.89. The summed E-state index contributed by atoms with van der Waals surface area (Å²) in [6.07, 6.45) is 2.06. The first-order valence-corrected chi connectivity index (χ1v) is 7.81. The first kappa shape index (κ1) is 15.2. The first-order valence-electron chi connectivity index (χ1n) is 6.33. The Balaban J connectivity index is 2.74. The van der Waals surface area contributed by atoms with E-state index in [1.807, 2.05) is 19.1 Å². The van der Waals surface area contributed by atoms with E-state index in [-0.39, 0.29) is 5.41 Å². The number of hydrogen-bond acceptors (Lipinski definition) is 2. The molecule has 3 nitrogen and oxygen atoms in total. The predicted molar refractivity (Wildman–Crippen MR) is 75.1 cm³/mol. The molecule has 1 aromatic rings. The van der Waals surface area contributed by atoms with Crippen LogP contribution in [0.4, 0.5) is 0 Å². The van der Waals surface area contributed by atoms with Crippen LogP contribution in [0.25, 0.3) is 0 Å². The van der Waals surface area contributed by atoms with Crippen molar-refractivity contribution in [1.82, 2.24) is 4.72 Å². The van der Waals surface area contributed by atoms with E-state index in [1.165, 1.54) is 0 Å². The van der Waals surface area contributed by atoms with Crippen LogP contribution in [0, 0.1) is 12.3 Å². The lowest BCUT2D eigenvalue weighted by atomic mass is 9.88. The molecule has 0 radical (unpaired) electrons. The van der Waals surface area contributed by atoms with E-state index in [9.17, 15) is 8.42 Å². The normalized spacial score (nSPS) is 12.7. The largest absolute Gasteiger partial charge is 0.240 e. The minimum absolute atomic E-state index is 0.00742. The standard InChI is InChI=1S/C14H23NO2S/c1-5-10-14(3,4)11-15-18(16,17)13-8-6-12(2)7-9-13/h6-9,15H,5,10-11H2,1-4H3. The van der Waals surface area contributed by atoms with E-state index in [0.29, 0.717) is 11.4 Å². The van der Waals surface area contributed by atoms with Crippen molar-refractivity contribution in [1.29, 1.82) is 0 Å². The molecule has 0 fully saturated rings. The van der Waals surface area contributed by atoms with Crippen molar-refractivity contribution in [2.45, 2.75) is 45.4 Å². The van der Waals surface area contributed by atoms with E-state index < -0.39 is 10.0 Å². The van der Waals surface area contributed by atoms with Crippen molar-refractivity contribution in [3.05, 3.63) is 29.8 Å². The van der Waals surface area contributed by atoms with Gasteiger partial charge in [-0.3, -0.25) is 0 Å². The quantitative estimate of drug-likeness (QED) is 0.862. The zero-order valence-corrected chi connectivity index (χ0v) is 12.5. The van der Waals surface area contributed by atoms with Crippen molar-refractivity contribution in [3.63, 3.8) is 0 Å². The fraction of sp³-hybridized carbons (Fsp3) is 0.571. The van der Waals surface area contributed by atoms with Gasteiger partial charge < -0.3 is 0 Å². The van der Waals surface area contributed by atoms with Gasteiger partial charge in [0, 0.05) is 6.54 Å². The topological polar surface area (TPSA) is 46.2 Å². The van der Waals surface area contributed by atoms with E-state index in [0.717, 1.165) is 18.4 Å². The molecule has 18 heavy (non-hydrogen) atoms. The maximum Gasteiger partial charge on any atom is 0.240 e. The second-order valence-electron chi connectivity index (χ2n) is 5.55. The summed E-state index contributed by atoms with van der Waals surface area (Å²) in [4.78, 5) is 0.334. The van der Waals surface area contributed by atoms with Gasteiger partial charge in [-0.05, 0) is 30.9 Å². The summed E-state index contributed by atoms with van der Waals surface area (Å²) in [7, 11) is -3.38. The number of aryl methyl sites for hydroxylation is 1. The molecule has 0 aliphatic rings. The van der Waals surface area contributed by atoms with Crippen molar-refractivity contribution < 1.29 is 8.42 Å². The average molecular weight is 269 g/mol. The highest BCUT2D eigenvalue weighted by atomic mass is 32.2. The van der Waals surface area contributed by atoms with Crippen molar-refractivity contribution >= 4 is 10.0 Å². The number of rotatable bonds is 6. The van der Waals surface area contributed by atoms with E-state index in [4.69, 9.17) is 0 Å². The van der Waals surface area contributed by atoms with Crippen molar-refractivity contribution in [3.8, 4) is 0 Å². The Morgan fingerprint density at radius 1 is 1.17 bits per heavy atom. The maximum absolute atomic E-state index is 12.1. The molecule has 0 spiro atoms. The summed E-state index contributed by atoms with van der Waals surface area (Å²) in [5, 5.41) is 0. The number of sulfonamides is 1. The van der Waals surface area contributed by atoms with Crippen LogP contribution < -0.4 is 4.72 Å². The van der Waals surface area contributed by atoms with Gasteiger partial charge in [0.2, 0.25) is 10.0 Å². The van der Waals surface area contributed by atoms with Crippen LogP contribution in [0.2, 0.25) is 0 Å². The highest BCUT2D eigenvalue weighted by Crippen LogP contribution is 2.21. The van der Waals surface area contributed by atoms with E-state index in [1.54, 1.807) is 12.1 Å². The van der Waals surface area contributed by atoms with E-state index in [2.05, 4.69) is 25.5 Å². The van der Waals surface area contributed by atoms with E-state index >= 15 is 0 Å². The molecule has 4 heteroatoms. The van der Waals surface area contributed by atoms with Gasteiger partial charge in [0.25, 0.3) is 0 Å². The minimum Gasteiger partial charge on any atom is -0.211 e. The lowest BCUT2D eigenvalue weighted by Crippen LogP contribution is -2.33. The number of nitrogens with one attached hydrogen (secondary N) is 1. The van der Waals surface area contributed by atoms with Gasteiger partial charge in [-0.25, -0.2) is 13.1 Å². The summed E-state index contributed by atoms with van der Waals surface area (Å²) in [6, 6.07) is 6.91. The Bertz CT molecular complexity index is 475. The summed E-state index contributed by atoms with van der Waals surface area (Å²) in [5.74, 6) is 0. The third-order valence-corrected chi connectivity index (χ3v) is 4.42. The molecule has 1 aromatic carbocycles. The lowest BCUT2D eigenvalue weighted by molar-refractivity contribution is 0.330. The third-order valence-electron chi connectivity index (χ3n) is 3.00. The number of benzene rings is 1. The third kappa shape index (κ3) is 4.42. The summed E-state index contributed by atoms with van der Waals surface area (Å²) in [6.45, 7) is 8.67. The second kappa shape index (κ2) is 5.85. The highest BCUT2D eigenvalue weighted by Gasteiger charge is 2.21. The monoisotopic (exact) mass is 269 g/mol. The van der Waals surface area contributed by atoms with Crippen molar-refractivity contribution in [2.24, 2.45) is 5.41 Å². The van der Waals surface area contributed by atoms with Gasteiger partial charge in [0.1, 0.15) is 0 Å². The molecule has 0 amide bonds. The maximum atomic E-state index is 12.1. The van der Waals surface area contributed by atoms with Crippen LogP contribution in [0.15, 0.2) is 29.2 Å². The molecule has 1 N–H and O–H groups in total. The molecule has 0 aliphatic carbocycles. The Hall–Kier alpha value is -0.870. The molecule has 1 rings (SSSR count). The molecule has 0 saturated carbocycles. The Labute approximate surface area is 111 Å². The molecule has 0 aliphatic heterocycles. The molecule has 102 valence electrons. The van der Waals surface area contributed by atoms with Crippen LogP contribution in [-0.2, 0) is 10.0 Å². The van der Waals surface area contributed by atoms with Crippen LogP contribution in [0.1, 0.15) is 39.2 Å². The molecule has 0 unspecified atom stereocenters. The van der Waals surface area contributed by atoms with Gasteiger partial charge in [0.05, 0.1) is 4.90 Å². The fourth-order valence-electron chi connectivity index (χ4n) is 1.86. The van der Waals surface area contributed by atoms with Gasteiger partial charge >= 0.3 is 0 Å². The van der Waals surface area contributed by atoms with Crippen LogP contribution in [0.3, 0.4) is 0 Å². The molecule has 0 atom stereocenters. The zero-order chi connectivity index (χ0) is 13.8. The van der Waals surface area contributed by atoms with Gasteiger partial charge in [-0.2, -0.15) is 0 Å².